The van der Waals surface area contributed by atoms with Gasteiger partial charge in [-0.1, -0.05) is 12.5 Å². The van der Waals surface area contributed by atoms with Crippen molar-refractivity contribution in [2.45, 2.75) is 24.7 Å². The third kappa shape index (κ3) is 3.14. The second kappa shape index (κ2) is 7.37. The molecule has 8 heteroatoms. The fourth-order valence-corrected chi connectivity index (χ4v) is 4.08. The molecule has 3 heterocycles. The predicted octanol–water partition coefficient (Wildman–Crippen LogP) is 4.13. The van der Waals surface area contributed by atoms with Crippen LogP contribution in [0.2, 0.25) is 0 Å². The number of hydrogen-bond donors (Lipinski definition) is 3. The average molecular weight is 403 g/mol. The highest BCUT2D eigenvalue weighted by molar-refractivity contribution is 5.92. The summed E-state index contributed by atoms with van der Waals surface area (Å²) in [4.78, 5) is 4.31. The molecule has 30 heavy (non-hydrogen) atoms. The lowest BCUT2D eigenvalue weighted by Gasteiger charge is -2.41. The number of nitrogens with one attached hydrogen (secondary N) is 3. The number of anilines is 2. The van der Waals surface area contributed by atoms with Crippen LogP contribution in [0.3, 0.4) is 0 Å². The molecule has 3 aromatic heterocycles. The van der Waals surface area contributed by atoms with Gasteiger partial charge in [-0.25, -0.2) is 4.39 Å². The normalized spacial score (nSPS) is 15.0. The molecule has 1 aliphatic rings. The van der Waals surface area contributed by atoms with Crippen LogP contribution >= 0.6 is 0 Å². The van der Waals surface area contributed by atoms with Crippen molar-refractivity contribution in [1.29, 1.82) is 0 Å². The summed E-state index contributed by atoms with van der Waals surface area (Å²) in [5, 5.41) is 23.4. The summed E-state index contributed by atoms with van der Waals surface area (Å²) in [6, 6.07) is 13.0. The number of aromatic amines is 1. The molecule has 0 amide bonds. The first-order chi connectivity index (χ1) is 14.7. The van der Waals surface area contributed by atoms with E-state index < -0.39 is 0 Å². The summed E-state index contributed by atoms with van der Waals surface area (Å²) < 4.78 is 14.3. The van der Waals surface area contributed by atoms with E-state index in [1.54, 1.807) is 12.3 Å². The maximum Gasteiger partial charge on any atom is 0.155 e. The Balaban J connectivity index is 1.34. The number of nitrogens with zero attached hydrogens (tertiary/aromatic N) is 4. The van der Waals surface area contributed by atoms with Crippen LogP contribution in [-0.2, 0) is 5.41 Å². The molecule has 0 radical (unpaired) electrons. The van der Waals surface area contributed by atoms with Crippen LogP contribution in [0, 0.1) is 5.82 Å². The van der Waals surface area contributed by atoms with Gasteiger partial charge in [-0.3, -0.25) is 10.1 Å². The third-order valence-electron chi connectivity index (χ3n) is 5.94. The number of halogens is 1. The van der Waals surface area contributed by atoms with E-state index in [9.17, 15) is 4.39 Å². The Labute approximate surface area is 173 Å². The molecule has 1 saturated carbocycles. The average Bonchev–Trinajstić information content (AvgIpc) is 3.17. The third-order valence-corrected chi connectivity index (χ3v) is 5.94. The Morgan fingerprint density at radius 3 is 2.73 bits per heavy atom. The monoisotopic (exact) mass is 403 g/mol. The summed E-state index contributed by atoms with van der Waals surface area (Å²) in [5.41, 5.74) is 2.97. The number of H-pyrrole nitrogens is 1. The Hall–Kier alpha value is -3.55. The van der Waals surface area contributed by atoms with Crippen molar-refractivity contribution in [1.82, 2.24) is 25.4 Å². The summed E-state index contributed by atoms with van der Waals surface area (Å²) >= 11 is 0. The van der Waals surface area contributed by atoms with E-state index in [1.165, 1.54) is 6.07 Å². The van der Waals surface area contributed by atoms with Crippen LogP contribution in [0.4, 0.5) is 16.0 Å². The maximum absolute atomic E-state index is 14.3. The molecule has 0 saturated heterocycles. The zero-order valence-electron chi connectivity index (χ0n) is 16.6. The van der Waals surface area contributed by atoms with Gasteiger partial charge in [0, 0.05) is 36.2 Å². The molecule has 0 atom stereocenters. The van der Waals surface area contributed by atoms with E-state index in [-0.39, 0.29) is 11.2 Å². The lowest BCUT2D eigenvalue weighted by atomic mass is 9.66. The fourth-order valence-electron chi connectivity index (χ4n) is 4.08. The second-order valence-electron chi connectivity index (χ2n) is 7.71. The van der Waals surface area contributed by atoms with Crippen LogP contribution in [0.15, 0.2) is 48.7 Å². The van der Waals surface area contributed by atoms with Gasteiger partial charge < -0.3 is 10.6 Å². The molecule has 152 valence electrons. The molecule has 1 aromatic carbocycles. The molecule has 0 unspecified atom stereocenters. The zero-order chi connectivity index (χ0) is 20.6. The van der Waals surface area contributed by atoms with E-state index >= 15 is 0 Å². The van der Waals surface area contributed by atoms with Crippen molar-refractivity contribution < 1.29 is 4.39 Å². The molecule has 0 aliphatic heterocycles. The number of benzene rings is 1. The topological polar surface area (TPSA) is 91.4 Å². The zero-order valence-corrected chi connectivity index (χ0v) is 16.6. The van der Waals surface area contributed by atoms with Crippen molar-refractivity contribution in [3.05, 3.63) is 60.2 Å². The number of fused-ring (bicyclic) bond motifs is 1. The van der Waals surface area contributed by atoms with Crippen LogP contribution in [-0.4, -0.2) is 39.0 Å². The van der Waals surface area contributed by atoms with Crippen LogP contribution < -0.4 is 10.6 Å². The fraction of sp³-hybridized carbons (Fsp3) is 0.273. The number of aromatic nitrogens is 5. The first kappa shape index (κ1) is 18.5. The summed E-state index contributed by atoms with van der Waals surface area (Å²) in [7, 11) is 1.84. The van der Waals surface area contributed by atoms with Gasteiger partial charge in [-0.2, -0.15) is 5.10 Å². The molecule has 1 fully saturated rings. The first-order valence-electron chi connectivity index (χ1n) is 10.0. The van der Waals surface area contributed by atoms with Crippen LogP contribution in [0.5, 0.6) is 0 Å². The van der Waals surface area contributed by atoms with Crippen molar-refractivity contribution in [3.8, 4) is 11.3 Å². The number of rotatable bonds is 6. The van der Waals surface area contributed by atoms with Crippen molar-refractivity contribution >= 4 is 22.5 Å². The minimum atomic E-state index is -0.276. The molecule has 0 spiro atoms. The van der Waals surface area contributed by atoms with E-state index in [1.807, 2.05) is 37.4 Å². The van der Waals surface area contributed by atoms with Gasteiger partial charge in [-0.05, 0) is 49.2 Å². The van der Waals surface area contributed by atoms with Gasteiger partial charge in [0.1, 0.15) is 11.6 Å². The standard InChI is InChI=1S/C22H22FN7/c1-24-21-15-12-14(5-6-18(15)28-30-21)17-7-8-19(29-27-17)26-13-22(9-3-10-22)20-16(23)4-2-11-25-20/h2,4-8,11-12H,3,9-10,13H2,1H3,(H,26,29)(H2,24,28,30). The van der Waals surface area contributed by atoms with Crippen molar-refractivity contribution in [2.75, 3.05) is 24.2 Å². The van der Waals surface area contributed by atoms with Gasteiger partial charge >= 0.3 is 0 Å². The summed E-state index contributed by atoms with van der Waals surface area (Å²) in [6.45, 7) is 0.585. The van der Waals surface area contributed by atoms with Gasteiger partial charge in [0.2, 0.25) is 0 Å². The molecule has 4 aromatic rings. The Morgan fingerprint density at radius 2 is 2.03 bits per heavy atom. The van der Waals surface area contributed by atoms with Gasteiger partial charge in [0.15, 0.2) is 5.82 Å². The van der Waals surface area contributed by atoms with E-state index in [0.717, 1.165) is 47.2 Å². The van der Waals surface area contributed by atoms with E-state index in [0.29, 0.717) is 18.1 Å². The molecular formula is C22H22FN7. The summed E-state index contributed by atoms with van der Waals surface area (Å²) in [5.74, 6) is 1.23. The Bertz CT molecular complexity index is 1180. The smallest absolute Gasteiger partial charge is 0.155 e. The lowest BCUT2D eigenvalue weighted by molar-refractivity contribution is 0.243. The maximum atomic E-state index is 14.3. The highest BCUT2D eigenvalue weighted by Crippen LogP contribution is 2.43. The summed E-state index contributed by atoms with van der Waals surface area (Å²) in [6.07, 6.45) is 4.56. The van der Waals surface area contributed by atoms with E-state index in [4.69, 9.17) is 0 Å². The quantitative estimate of drug-likeness (QED) is 0.448. The van der Waals surface area contributed by atoms with E-state index in [2.05, 4.69) is 36.0 Å². The minimum Gasteiger partial charge on any atom is -0.371 e. The molecule has 1 aliphatic carbocycles. The highest BCUT2D eigenvalue weighted by Gasteiger charge is 2.41. The van der Waals surface area contributed by atoms with Gasteiger partial charge in [0.05, 0.1) is 16.9 Å². The second-order valence-corrected chi connectivity index (χ2v) is 7.71. The Kier molecular flexibility index (Phi) is 4.54. The SMILES string of the molecule is CNc1n[nH]c2ccc(-c3ccc(NCC4(c5ncccc5F)CCC4)nn3)cc12. The highest BCUT2D eigenvalue weighted by atomic mass is 19.1. The van der Waals surface area contributed by atoms with Crippen LogP contribution in [0.25, 0.3) is 22.2 Å². The van der Waals surface area contributed by atoms with Crippen molar-refractivity contribution in [2.24, 2.45) is 0 Å². The number of hydrogen-bond acceptors (Lipinski definition) is 6. The van der Waals surface area contributed by atoms with Crippen LogP contribution in [0.1, 0.15) is 25.0 Å². The van der Waals surface area contributed by atoms with Gasteiger partial charge in [-0.15, -0.1) is 10.2 Å². The minimum absolute atomic E-state index is 0.240. The predicted molar refractivity (Wildman–Crippen MR) is 115 cm³/mol. The molecule has 5 rings (SSSR count). The first-order valence-corrected chi connectivity index (χ1v) is 10.0. The largest absolute Gasteiger partial charge is 0.371 e. The molecule has 0 bridgehead atoms. The molecule has 3 N–H and O–H groups in total. The molecular weight excluding hydrogens is 381 g/mol. The van der Waals surface area contributed by atoms with Gasteiger partial charge in [0.25, 0.3) is 0 Å². The van der Waals surface area contributed by atoms with Crippen molar-refractivity contribution in [3.63, 3.8) is 0 Å². The lowest BCUT2D eigenvalue weighted by Crippen LogP contribution is -2.42. The number of pyridine rings is 1. The molecule has 7 nitrogen and oxygen atoms in total. The Morgan fingerprint density at radius 1 is 1.13 bits per heavy atom.